The molecule has 2 rings (SSSR count). The molecule has 0 bridgehead atoms. The molecule has 0 saturated carbocycles. The Kier molecular flexibility index (Phi) is 5.73. The molecule has 24 heavy (non-hydrogen) atoms. The van der Waals surface area contributed by atoms with Crippen LogP contribution in [0.4, 0.5) is 18.0 Å². The minimum Gasteiger partial charge on any atom is -0.411 e. The molecule has 2 aromatic heterocycles. The van der Waals surface area contributed by atoms with Gasteiger partial charge in [0.25, 0.3) is 5.22 Å². The maximum Gasteiger partial charge on any atom is 0.405 e. The molecule has 0 aromatic carbocycles. The number of amides is 3. The number of aromatic nitrogens is 3. The van der Waals surface area contributed by atoms with Crippen LogP contribution in [-0.4, -0.2) is 45.6 Å². The molecule has 2 heterocycles. The van der Waals surface area contributed by atoms with Crippen molar-refractivity contribution in [3.63, 3.8) is 0 Å². The molecular weight excluding hydrogens is 351 g/mol. The minimum atomic E-state index is -4.55. The molecule has 2 N–H and O–H groups in total. The number of rotatable bonds is 5. The van der Waals surface area contributed by atoms with Crippen molar-refractivity contribution in [3.8, 4) is 11.5 Å². The zero-order chi connectivity index (χ0) is 17.6. The lowest BCUT2D eigenvalue weighted by Crippen LogP contribution is -2.43. The maximum atomic E-state index is 11.9. The van der Waals surface area contributed by atoms with Gasteiger partial charge >= 0.3 is 12.2 Å². The number of urea groups is 1. The van der Waals surface area contributed by atoms with Crippen LogP contribution in [0.15, 0.2) is 34.2 Å². The summed E-state index contributed by atoms with van der Waals surface area (Å²) in [6, 6.07) is 2.14. The van der Waals surface area contributed by atoms with Gasteiger partial charge in [0.15, 0.2) is 0 Å². The number of halogens is 3. The number of nitrogens with zero attached hydrogens (tertiary/aromatic N) is 3. The second-order valence-corrected chi connectivity index (χ2v) is 5.18. The summed E-state index contributed by atoms with van der Waals surface area (Å²) >= 11 is 0.835. The average Bonchev–Trinajstić information content (AvgIpc) is 3.00. The molecule has 0 atom stereocenters. The third kappa shape index (κ3) is 5.87. The molecule has 3 amide bonds. The van der Waals surface area contributed by atoms with E-state index in [0.717, 1.165) is 11.8 Å². The van der Waals surface area contributed by atoms with Gasteiger partial charge in [-0.3, -0.25) is 15.1 Å². The van der Waals surface area contributed by atoms with Crippen molar-refractivity contribution in [1.82, 2.24) is 25.8 Å². The normalized spacial score (nSPS) is 11.1. The number of imide groups is 1. The summed E-state index contributed by atoms with van der Waals surface area (Å²) in [6.45, 7) is -1.53. The Morgan fingerprint density at radius 1 is 1.29 bits per heavy atom. The van der Waals surface area contributed by atoms with E-state index in [2.05, 4.69) is 15.2 Å². The van der Waals surface area contributed by atoms with E-state index in [1.807, 2.05) is 0 Å². The monoisotopic (exact) mass is 361 g/mol. The van der Waals surface area contributed by atoms with Crippen LogP contribution in [-0.2, 0) is 4.79 Å². The largest absolute Gasteiger partial charge is 0.411 e. The van der Waals surface area contributed by atoms with Crippen molar-refractivity contribution >= 4 is 23.7 Å². The highest BCUT2D eigenvalue weighted by atomic mass is 32.2. The highest BCUT2D eigenvalue weighted by Gasteiger charge is 2.28. The summed E-state index contributed by atoms with van der Waals surface area (Å²) in [5.41, 5.74) is 0.591. The quantitative estimate of drug-likeness (QED) is 0.779. The van der Waals surface area contributed by atoms with Gasteiger partial charge in [-0.05, 0) is 12.1 Å². The van der Waals surface area contributed by atoms with Crippen molar-refractivity contribution in [2.75, 3.05) is 12.3 Å². The van der Waals surface area contributed by atoms with Crippen LogP contribution in [0.2, 0.25) is 0 Å². The molecule has 0 radical (unpaired) electrons. The molecule has 8 nitrogen and oxygen atoms in total. The highest BCUT2D eigenvalue weighted by molar-refractivity contribution is 7.99. The molecular formula is C12H10F3N5O3S. The lowest BCUT2D eigenvalue weighted by Gasteiger charge is -2.08. The Balaban J connectivity index is 1.78. The third-order valence-electron chi connectivity index (χ3n) is 2.34. The van der Waals surface area contributed by atoms with Crippen LogP contribution < -0.4 is 10.6 Å². The maximum absolute atomic E-state index is 11.9. The molecule has 128 valence electrons. The summed E-state index contributed by atoms with van der Waals surface area (Å²) in [4.78, 5) is 26.4. The van der Waals surface area contributed by atoms with Crippen LogP contribution in [0.25, 0.3) is 11.5 Å². The number of nitrogens with one attached hydrogen (secondary N) is 2. The summed E-state index contributed by atoms with van der Waals surface area (Å²) in [5.74, 6) is -0.886. The third-order valence-corrected chi connectivity index (χ3v) is 3.16. The molecule has 0 fully saturated rings. The standard InChI is InChI=1S/C12H10F3N5O3S/c13-12(14,15)6-17-10(22)18-8(21)5-24-11-20-19-9(23-11)7-2-1-3-16-4-7/h1-4H,5-6H2,(H2,17,18,21,22). The zero-order valence-corrected chi connectivity index (χ0v) is 12.6. The first-order valence-electron chi connectivity index (χ1n) is 6.34. The van der Waals surface area contributed by atoms with Crippen LogP contribution >= 0.6 is 11.8 Å². The summed E-state index contributed by atoms with van der Waals surface area (Å²) in [7, 11) is 0. The van der Waals surface area contributed by atoms with Gasteiger partial charge in [-0.2, -0.15) is 13.2 Å². The molecule has 0 unspecified atom stereocenters. The lowest BCUT2D eigenvalue weighted by molar-refractivity contribution is -0.124. The summed E-state index contributed by atoms with van der Waals surface area (Å²) in [6.07, 6.45) is -1.47. The number of carbonyl (C=O) groups is 2. The zero-order valence-electron chi connectivity index (χ0n) is 11.8. The first-order valence-corrected chi connectivity index (χ1v) is 7.33. The topological polar surface area (TPSA) is 110 Å². The van der Waals surface area contributed by atoms with Crippen LogP contribution in [0.3, 0.4) is 0 Å². The van der Waals surface area contributed by atoms with Gasteiger partial charge in [-0.15, -0.1) is 10.2 Å². The second kappa shape index (κ2) is 7.77. The Labute approximate surface area is 137 Å². The number of pyridine rings is 1. The lowest BCUT2D eigenvalue weighted by atomic mass is 10.3. The molecule has 0 aliphatic carbocycles. The molecule has 0 saturated heterocycles. The summed E-state index contributed by atoms with van der Waals surface area (Å²) in [5, 5.41) is 10.8. The first kappa shape index (κ1) is 17.7. The van der Waals surface area contributed by atoms with Crippen molar-refractivity contribution in [1.29, 1.82) is 0 Å². The summed E-state index contributed by atoms with van der Waals surface area (Å²) < 4.78 is 41.0. The predicted octanol–water partition coefficient (Wildman–Crippen LogP) is 1.61. The SMILES string of the molecule is O=C(CSc1nnc(-c2cccnc2)o1)NC(=O)NCC(F)(F)F. The van der Waals surface area contributed by atoms with E-state index in [0.29, 0.717) is 5.56 Å². The van der Waals surface area contributed by atoms with Gasteiger partial charge in [0.1, 0.15) is 6.54 Å². The fraction of sp³-hybridized carbons (Fsp3) is 0.250. The second-order valence-electron chi connectivity index (χ2n) is 4.25. The molecule has 0 aliphatic heterocycles. The van der Waals surface area contributed by atoms with E-state index < -0.39 is 24.7 Å². The Morgan fingerprint density at radius 3 is 2.75 bits per heavy atom. The number of hydrogen-bond donors (Lipinski definition) is 2. The molecule has 2 aromatic rings. The van der Waals surface area contributed by atoms with Crippen LogP contribution in [0, 0.1) is 0 Å². The van der Waals surface area contributed by atoms with E-state index in [4.69, 9.17) is 4.42 Å². The van der Waals surface area contributed by atoms with E-state index >= 15 is 0 Å². The fourth-order valence-electron chi connectivity index (χ4n) is 1.39. The van der Waals surface area contributed by atoms with Crippen LogP contribution in [0.5, 0.6) is 0 Å². The van der Waals surface area contributed by atoms with Gasteiger partial charge < -0.3 is 9.73 Å². The fourth-order valence-corrected chi connectivity index (χ4v) is 1.95. The van der Waals surface area contributed by atoms with E-state index in [9.17, 15) is 22.8 Å². The van der Waals surface area contributed by atoms with Crippen molar-refractivity contribution < 1.29 is 27.2 Å². The Bertz CT molecular complexity index is 707. The van der Waals surface area contributed by atoms with Crippen LogP contribution in [0.1, 0.15) is 0 Å². The van der Waals surface area contributed by atoms with E-state index in [1.165, 1.54) is 11.5 Å². The smallest absolute Gasteiger partial charge is 0.405 e. The number of thioether (sulfide) groups is 1. The van der Waals surface area contributed by atoms with E-state index in [-0.39, 0.29) is 16.9 Å². The molecule has 0 spiro atoms. The predicted molar refractivity (Wildman–Crippen MR) is 75.8 cm³/mol. The van der Waals surface area contributed by atoms with Gasteiger partial charge in [0.05, 0.1) is 11.3 Å². The first-order chi connectivity index (χ1) is 11.3. The van der Waals surface area contributed by atoms with Crippen molar-refractivity contribution in [2.45, 2.75) is 11.4 Å². The minimum absolute atomic E-state index is 0.0692. The van der Waals surface area contributed by atoms with Gasteiger partial charge in [0, 0.05) is 12.4 Å². The number of carbonyl (C=O) groups excluding carboxylic acids is 2. The Morgan fingerprint density at radius 2 is 2.08 bits per heavy atom. The number of hydrogen-bond acceptors (Lipinski definition) is 7. The van der Waals surface area contributed by atoms with Gasteiger partial charge in [-0.1, -0.05) is 11.8 Å². The van der Waals surface area contributed by atoms with Crippen molar-refractivity contribution in [3.05, 3.63) is 24.5 Å². The Hall–Kier alpha value is -2.63. The van der Waals surface area contributed by atoms with Crippen molar-refractivity contribution in [2.24, 2.45) is 0 Å². The molecule has 0 aliphatic rings. The molecule has 12 heteroatoms. The number of alkyl halides is 3. The van der Waals surface area contributed by atoms with Gasteiger partial charge in [0.2, 0.25) is 11.8 Å². The average molecular weight is 361 g/mol. The van der Waals surface area contributed by atoms with Gasteiger partial charge in [-0.25, -0.2) is 4.79 Å². The highest BCUT2D eigenvalue weighted by Crippen LogP contribution is 2.22. The van der Waals surface area contributed by atoms with E-state index in [1.54, 1.807) is 23.6 Å².